The second-order valence-corrected chi connectivity index (χ2v) is 7.90. The number of hydrogen-bond acceptors (Lipinski definition) is 4. The van der Waals surface area contributed by atoms with Crippen LogP contribution in [0.5, 0.6) is 0 Å². The topological polar surface area (TPSA) is 79.4 Å². The van der Waals surface area contributed by atoms with E-state index in [1.54, 1.807) is 37.4 Å². The molecule has 0 fully saturated rings. The maximum absolute atomic E-state index is 14.2. The van der Waals surface area contributed by atoms with Crippen molar-refractivity contribution in [3.63, 3.8) is 0 Å². The number of rotatable bonds is 3. The molecule has 1 aromatic rings. The third kappa shape index (κ3) is 3.08. The number of carbonyl (C=O) groups excluding carboxylic acids is 3. The number of Topliss-reactive ketones (excluding diaryl/α,β-unsaturated/α-hetero) is 1. The lowest BCUT2D eigenvalue weighted by Gasteiger charge is -2.35. The van der Waals surface area contributed by atoms with Crippen LogP contribution in [0.3, 0.4) is 0 Å². The van der Waals surface area contributed by atoms with Crippen LogP contribution in [0, 0.1) is 5.41 Å². The first-order chi connectivity index (χ1) is 12.9. The Morgan fingerprint density at radius 1 is 1.25 bits per heavy atom. The number of allylic oxidation sites excluding steroid dienone is 1. The van der Waals surface area contributed by atoms with Crippen LogP contribution in [0.25, 0.3) is 0 Å². The summed E-state index contributed by atoms with van der Waals surface area (Å²) in [6.45, 7) is 4.17. The average Bonchev–Trinajstić information content (AvgIpc) is 2.77. The summed E-state index contributed by atoms with van der Waals surface area (Å²) in [5, 5.41) is 1.76. The third-order valence-corrected chi connectivity index (χ3v) is 4.95. The summed E-state index contributed by atoms with van der Waals surface area (Å²) < 4.78 is 42.6. The van der Waals surface area contributed by atoms with Crippen LogP contribution in [0.4, 0.5) is 13.2 Å². The molecule has 0 radical (unpaired) electrons. The van der Waals surface area contributed by atoms with Gasteiger partial charge in [-0.2, -0.15) is 13.2 Å². The van der Waals surface area contributed by atoms with Crippen molar-refractivity contribution in [2.24, 2.45) is 5.41 Å². The Labute approximate surface area is 159 Å². The van der Waals surface area contributed by atoms with Crippen LogP contribution in [0.1, 0.15) is 39.3 Å². The molecule has 150 valence electrons. The van der Waals surface area contributed by atoms with Crippen LogP contribution in [0.15, 0.2) is 35.7 Å². The van der Waals surface area contributed by atoms with Gasteiger partial charge in [-0.3, -0.25) is 19.4 Å². The lowest BCUT2D eigenvalue weighted by Crippen LogP contribution is -2.65. The maximum Gasteiger partial charge on any atom is 0.425 e. The highest BCUT2D eigenvalue weighted by Gasteiger charge is 2.71. The number of nitrogens with one attached hydrogen (secondary N) is 1. The van der Waals surface area contributed by atoms with E-state index >= 15 is 0 Å². The average molecular weight is 395 g/mol. The van der Waals surface area contributed by atoms with E-state index in [1.165, 1.54) is 6.20 Å². The van der Waals surface area contributed by atoms with E-state index in [4.69, 9.17) is 0 Å². The van der Waals surface area contributed by atoms with Crippen molar-refractivity contribution >= 4 is 17.6 Å². The molecule has 0 spiro atoms. The Morgan fingerprint density at radius 2 is 1.93 bits per heavy atom. The van der Waals surface area contributed by atoms with Crippen molar-refractivity contribution < 1.29 is 27.6 Å². The van der Waals surface area contributed by atoms with Gasteiger partial charge in [0.1, 0.15) is 0 Å². The highest BCUT2D eigenvalue weighted by Crippen LogP contribution is 2.51. The molecule has 1 atom stereocenters. The van der Waals surface area contributed by atoms with Gasteiger partial charge in [0.2, 0.25) is 11.4 Å². The molecular formula is C19H20F3N3O3. The second kappa shape index (κ2) is 6.42. The van der Waals surface area contributed by atoms with Gasteiger partial charge in [0.05, 0.1) is 17.8 Å². The Morgan fingerprint density at radius 3 is 2.46 bits per heavy atom. The summed E-state index contributed by atoms with van der Waals surface area (Å²) in [7, 11) is 0. The van der Waals surface area contributed by atoms with E-state index in [1.807, 2.05) is 0 Å². The fraction of sp³-hybridized carbons (Fsp3) is 0.474. The number of nitrogens with zero attached hydrogens (tertiary/aromatic N) is 2. The number of hydrogen-bond donors (Lipinski definition) is 1. The van der Waals surface area contributed by atoms with Crippen LogP contribution < -0.4 is 5.32 Å². The number of pyridine rings is 1. The highest BCUT2D eigenvalue weighted by molar-refractivity contribution is 6.13. The van der Waals surface area contributed by atoms with Crippen molar-refractivity contribution in [3.05, 3.63) is 41.4 Å². The summed E-state index contributed by atoms with van der Waals surface area (Å²) in [5.41, 5.74) is -4.27. The Kier molecular flexibility index (Phi) is 4.60. The number of ketones is 1. The van der Waals surface area contributed by atoms with Crippen molar-refractivity contribution in [3.8, 4) is 0 Å². The zero-order valence-electron chi connectivity index (χ0n) is 15.7. The first kappa shape index (κ1) is 20.0. The number of halogens is 3. The van der Waals surface area contributed by atoms with Crippen molar-refractivity contribution in [2.75, 3.05) is 0 Å². The van der Waals surface area contributed by atoms with Crippen LogP contribution >= 0.6 is 0 Å². The molecule has 0 saturated carbocycles. The number of carbonyl (C=O) groups is 3. The first-order valence-corrected chi connectivity index (χ1v) is 8.73. The molecule has 1 N–H and O–H groups in total. The number of aromatic nitrogens is 1. The summed E-state index contributed by atoms with van der Waals surface area (Å²) in [6.07, 6.45) is -3.75. The molecule has 9 heteroatoms. The second-order valence-electron chi connectivity index (χ2n) is 7.90. The fourth-order valence-electron chi connectivity index (χ4n) is 3.91. The van der Waals surface area contributed by atoms with E-state index in [2.05, 4.69) is 4.98 Å². The van der Waals surface area contributed by atoms with Crippen molar-refractivity contribution in [1.29, 1.82) is 0 Å². The lowest BCUT2D eigenvalue weighted by molar-refractivity contribution is -0.194. The van der Waals surface area contributed by atoms with Gasteiger partial charge in [0, 0.05) is 25.2 Å². The molecule has 2 amide bonds. The van der Waals surface area contributed by atoms with Crippen molar-refractivity contribution in [2.45, 2.75) is 51.9 Å². The molecule has 1 aliphatic carbocycles. The molecular weight excluding hydrogens is 375 g/mol. The van der Waals surface area contributed by atoms with Crippen LogP contribution in [-0.2, 0) is 20.9 Å². The molecule has 2 heterocycles. The van der Waals surface area contributed by atoms with E-state index in [9.17, 15) is 27.6 Å². The zero-order valence-corrected chi connectivity index (χ0v) is 15.7. The molecule has 0 saturated heterocycles. The van der Waals surface area contributed by atoms with Crippen molar-refractivity contribution in [1.82, 2.24) is 15.2 Å². The molecule has 3 rings (SSSR count). The van der Waals surface area contributed by atoms with E-state index < -0.39 is 40.3 Å². The summed E-state index contributed by atoms with van der Waals surface area (Å²) >= 11 is 0. The Hall–Kier alpha value is -2.71. The maximum atomic E-state index is 14.2. The Bertz CT molecular complexity index is 877. The molecule has 2 aliphatic rings. The minimum absolute atomic E-state index is 0.00276. The van der Waals surface area contributed by atoms with Gasteiger partial charge in [-0.1, -0.05) is 19.9 Å². The third-order valence-electron chi connectivity index (χ3n) is 4.95. The molecule has 1 aromatic heterocycles. The van der Waals surface area contributed by atoms with Crippen LogP contribution in [0.2, 0.25) is 0 Å². The number of amides is 2. The minimum Gasteiger partial charge on any atom is -0.331 e. The van der Waals surface area contributed by atoms with E-state index in [0.717, 1.165) is 11.8 Å². The Balaban J connectivity index is 2.22. The molecule has 0 unspecified atom stereocenters. The molecule has 1 aliphatic heterocycles. The lowest BCUT2D eigenvalue weighted by atomic mass is 9.72. The smallest absolute Gasteiger partial charge is 0.331 e. The summed E-state index contributed by atoms with van der Waals surface area (Å²) in [4.78, 5) is 42.5. The monoisotopic (exact) mass is 395 g/mol. The predicted molar refractivity (Wildman–Crippen MR) is 92.4 cm³/mol. The molecule has 28 heavy (non-hydrogen) atoms. The quantitative estimate of drug-likeness (QED) is 0.853. The van der Waals surface area contributed by atoms with Gasteiger partial charge in [-0.25, -0.2) is 0 Å². The number of alkyl halides is 3. The van der Waals surface area contributed by atoms with Gasteiger partial charge in [0.15, 0.2) is 5.78 Å². The normalized spacial score (nSPS) is 24.4. The standard InChI is InChI=1S/C19H20F3N3O3/c1-11(26)24-18(19(20,21)22)15-13(8-17(2,3)9-14(15)27)25(16(18)28)10-12-6-4-5-7-23-12/h4-7H,8-10H2,1-3H3,(H,24,26)/t18-/m0/s1. The first-order valence-electron chi connectivity index (χ1n) is 8.73. The van der Waals surface area contributed by atoms with Crippen LogP contribution in [-0.4, -0.2) is 39.2 Å². The van der Waals surface area contributed by atoms with Gasteiger partial charge in [-0.05, 0) is 24.0 Å². The van der Waals surface area contributed by atoms with Gasteiger partial charge in [0.25, 0.3) is 5.91 Å². The van der Waals surface area contributed by atoms with Gasteiger partial charge < -0.3 is 10.2 Å². The van der Waals surface area contributed by atoms with E-state index in [-0.39, 0.29) is 25.1 Å². The highest BCUT2D eigenvalue weighted by atomic mass is 19.4. The largest absolute Gasteiger partial charge is 0.425 e. The molecule has 0 bridgehead atoms. The minimum atomic E-state index is -5.17. The zero-order chi connectivity index (χ0) is 20.9. The van der Waals surface area contributed by atoms with E-state index in [0.29, 0.717) is 5.69 Å². The summed E-state index contributed by atoms with van der Waals surface area (Å²) in [5.74, 6) is -3.21. The summed E-state index contributed by atoms with van der Waals surface area (Å²) in [6, 6.07) is 4.87. The van der Waals surface area contributed by atoms with Gasteiger partial charge >= 0.3 is 6.18 Å². The molecule has 0 aromatic carbocycles. The predicted octanol–water partition coefficient (Wildman–Crippen LogP) is 2.50. The van der Waals surface area contributed by atoms with Gasteiger partial charge in [-0.15, -0.1) is 0 Å². The SMILES string of the molecule is CC(=O)N[C@]1(C(F)(F)F)C(=O)N(Cc2ccccn2)C2=C1C(=O)CC(C)(C)C2. The molecule has 6 nitrogen and oxygen atoms in total. The fourth-order valence-corrected chi connectivity index (χ4v) is 3.91.